The molecular formula is C16H25NO2. The van der Waals surface area contributed by atoms with Crippen molar-refractivity contribution in [3.63, 3.8) is 0 Å². The Kier molecular flexibility index (Phi) is 4.70. The maximum atomic E-state index is 5.83. The van der Waals surface area contributed by atoms with E-state index in [1.165, 1.54) is 17.5 Å². The summed E-state index contributed by atoms with van der Waals surface area (Å²) in [6.45, 7) is 4.86. The number of hydrogen-bond donors (Lipinski definition) is 1. The molecular weight excluding hydrogens is 238 g/mol. The fourth-order valence-corrected chi connectivity index (χ4v) is 2.83. The molecule has 2 N–H and O–H groups in total. The zero-order valence-corrected chi connectivity index (χ0v) is 12.2. The number of hydrogen-bond acceptors (Lipinski definition) is 3. The first-order valence-corrected chi connectivity index (χ1v) is 7.20. The molecule has 1 aliphatic rings. The lowest BCUT2D eigenvalue weighted by molar-refractivity contribution is 0.229. The highest BCUT2D eigenvalue weighted by molar-refractivity contribution is 5.48. The second kappa shape index (κ2) is 6.29. The predicted molar refractivity (Wildman–Crippen MR) is 77.9 cm³/mol. The highest BCUT2D eigenvalue weighted by Crippen LogP contribution is 2.36. The van der Waals surface area contributed by atoms with Gasteiger partial charge < -0.3 is 15.2 Å². The average molecular weight is 263 g/mol. The third-order valence-electron chi connectivity index (χ3n) is 3.75. The molecule has 1 aromatic rings. The van der Waals surface area contributed by atoms with Crippen LogP contribution >= 0.6 is 0 Å². The van der Waals surface area contributed by atoms with E-state index in [0.717, 1.165) is 43.2 Å². The molecule has 0 amide bonds. The fraction of sp³-hybridized carbons (Fsp3) is 0.625. The molecule has 1 aliphatic carbocycles. The van der Waals surface area contributed by atoms with Crippen LogP contribution in [-0.2, 0) is 12.8 Å². The Hall–Kier alpha value is -1.22. The molecule has 1 atom stereocenters. The SMILES string of the molecule is COc1cc2c(cc1OC(C)C)CCC(CCN)C2. The number of ether oxygens (including phenoxy) is 2. The van der Waals surface area contributed by atoms with Crippen LogP contribution < -0.4 is 15.2 Å². The molecule has 0 aliphatic heterocycles. The zero-order chi connectivity index (χ0) is 13.8. The van der Waals surface area contributed by atoms with Crippen LogP contribution in [0.1, 0.15) is 37.8 Å². The number of nitrogens with two attached hydrogens (primary N) is 1. The second-order valence-electron chi connectivity index (χ2n) is 5.62. The summed E-state index contributed by atoms with van der Waals surface area (Å²) in [6.07, 6.45) is 4.76. The van der Waals surface area contributed by atoms with Gasteiger partial charge in [0.2, 0.25) is 0 Å². The first-order chi connectivity index (χ1) is 9.13. The Balaban J connectivity index is 2.24. The van der Waals surface area contributed by atoms with Crippen molar-refractivity contribution in [1.29, 1.82) is 0 Å². The van der Waals surface area contributed by atoms with Crippen molar-refractivity contribution in [2.45, 2.75) is 45.6 Å². The minimum atomic E-state index is 0.167. The van der Waals surface area contributed by atoms with Crippen LogP contribution in [0.3, 0.4) is 0 Å². The second-order valence-corrected chi connectivity index (χ2v) is 5.62. The number of aryl methyl sites for hydroxylation is 1. The van der Waals surface area contributed by atoms with Gasteiger partial charge in [-0.3, -0.25) is 0 Å². The number of rotatable bonds is 5. The van der Waals surface area contributed by atoms with Crippen LogP contribution in [0.25, 0.3) is 0 Å². The lowest BCUT2D eigenvalue weighted by Gasteiger charge is -2.26. The van der Waals surface area contributed by atoms with Crippen LogP contribution in [-0.4, -0.2) is 19.8 Å². The van der Waals surface area contributed by atoms with E-state index in [9.17, 15) is 0 Å². The summed E-state index contributed by atoms with van der Waals surface area (Å²) < 4.78 is 11.3. The predicted octanol–water partition coefficient (Wildman–Crippen LogP) is 2.94. The maximum absolute atomic E-state index is 5.83. The maximum Gasteiger partial charge on any atom is 0.161 e. The molecule has 0 heterocycles. The van der Waals surface area contributed by atoms with Gasteiger partial charge in [-0.15, -0.1) is 0 Å². The minimum absolute atomic E-state index is 0.167. The molecule has 0 radical (unpaired) electrons. The largest absolute Gasteiger partial charge is 0.493 e. The van der Waals surface area contributed by atoms with Gasteiger partial charge in [-0.25, -0.2) is 0 Å². The van der Waals surface area contributed by atoms with Crippen LogP contribution in [0.5, 0.6) is 11.5 Å². The van der Waals surface area contributed by atoms with E-state index in [4.69, 9.17) is 15.2 Å². The molecule has 0 aromatic heterocycles. The molecule has 19 heavy (non-hydrogen) atoms. The molecule has 0 fully saturated rings. The summed E-state index contributed by atoms with van der Waals surface area (Å²) in [6, 6.07) is 4.31. The molecule has 1 aromatic carbocycles. The molecule has 2 rings (SSSR count). The summed E-state index contributed by atoms with van der Waals surface area (Å²) in [4.78, 5) is 0. The van der Waals surface area contributed by atoms with Gasteiger partial charge in [0.05, 0.1) is 13.2 Å². The van der Waals surface area contributed by atoms with Crippen molar-refractivity contribution in [1.82, 2.24) is 0 Å². The van der Waals surface area contributed by atoms with Crippen LogP contribution in [0, 0.1) is 5.92 Å². The quantitative estimate of drug-likeness (QED) is 0.888. The molecule has 0 spiro atoms. The van der Waals surface area contributed by atoms with Crippen molar-refractivity contribution >= 4 is 0 Å². The minimum Gasteiger partial charge on any atom is -0.493 e. The third kappa shape index (κ3) is 3.41. The Bertz CT molecular complexity index is 429. The first-order valence-electron chi connectivity index (χ1n) is 7.20. The van der Waals surface area contributed by atoms with E-state index in [1.54, 1.807) is 7.11 Å². The fourth-order valence-electron chi connectivity index (χ4n) is 2.83. The van der Waals surface area contributed by atoms with E-state index in [0.29, 0.717) is 0 Å². The van der Waals surface area contributed by atoms with Gasteiger partial charge in [-0.1, -0.05) is 0 Å². The van der Waals surface area contributed by atoms with E-state index in [2.05, 4.69) is 12.1 Å². The topological polar surface area (TPSA) is 44.5 Å². The third-order valence-corrected chi connectivity index (χ3v) is 3.75. The molecule has 0 saturated carbocycles. The average Bonchev–Trinajstić information content (AvgIpc) is 2.38. The lowest BCUT2D eigenvalue weighted by atomic mass is 9.82. The molecule has 106 valence electrons. The number of benzene rings is 1. The molecule has 0 saturated heterocycles. The van der Waals surface area contributed by atoms with Gasteiger partial charge >= 0.3 is 0 Å². The van der Waals surface area contributed by atoms with Crippen molar-refractivity contribution in [3.8, 4) is 11.5 Å². The Morgan fingerprint density at radius 2 is 2.00 bits per heavy atom. The standard InChI is InChI=1S/C16H25NO2/c1-11(2)19-16-9-13-5-4-12(6-7-17)8-14(13)10-15(16)18-3/h9-12H,4-8,17H2,1-3H3. The number of fused-ring (bicyclic) bond motifs is 1. The molecule has 1 unspecified atom stereocenters. The zero-order valence-electron chi connectivity index (χ0n) is 12.2. The molecule has 0 bridgehead atoms. The van der Waals surface area contributed by atoms with Crippen LogP contribution in [0.2, 0.25) is 0 Å². The van der Waals surface area contributed by atoms with Gasteiger partial charge in [0.25, 0.3) is 0 Å². The normalized spacial score (nSPS) is 18.3. The van der Waals surface area contributed by atoms with E-state index >= 15 is 0 Å². The summed E-state index contributed by atoms with van der Waals surface area (Å²) in [5, 5.41) is 0. The monoisotopic (exact) mass is 263 g/mol. The van der Waals surface area contributed by atoms with Gasteiger partial charge in [0.1, 0.15) is 0 Å². The highest BCUT2D eigenvalue weighted by Gasteiger charge is 2.21. The lowest BCUT2D eigenvalue weighted by Crippen LogP contribution is -2.18. The summed E-state index contributed by atoms with van der Waals surface area (Å²) >= 11 is 0. The number of methoxy groups -OCH3 is 1. The van der Waals surface area contributed by atoms with Crippen molar-refractivity contribution in [2.75, 3.05) is 13.7 Å². The van der Waals surface area contributed by atoms with E-state index in [1.807, 2.05) is 13.8 Å². The van der Waals surface area contributed by atoms with E-state index < -0.39 is 0 Å². The van der Waals surface area contributed by atoms with Crippen molar-refractivity contribution in [3.05, 3.63) is 23.3 Å². The van der Waals surface area contributed by atoms with Crippen molar-refractivity contribution in [2.24, 2.45) is 11.7 Å². The van der Waals surface area contributed by atoms with Gasteiger partial charge in [0.15, 0.2) is 11.5 Å². The van der Waals surface area contributed by atoms with E-state index in [-0.39, 0.29) is 6.10 Å². The molecule has 3 nitrogen and oxygen atoms in total. The summed E-state index contributed by atoms with van der Waals surface area (Å²) in [5.74, 6) is 2.44. The highest BCUT2D eigenvalue weighted by atomic mass is 16.5. The Morgan fingerprint density at radius 1 is 1.26 bits per heavy atom. The van der Waals surface area contributed by atoms with Crippen LogP contribution in [0.4, 0.5) is 0 Å². The first kappa shape index (κ1) is 14.2. The summed E-state index contributed by atoms with van der Waals surface area (Å²) in [5.41, 5.74) is 8.48. The Morgan fingerprint density at radius 3 is 2.63 bits per heavy atom. The smallest absolute Gasteiger partial charge is 0.161 e. The van der Waals surface area contributed by atoms with Crippen molar-refractivity contribution < 1.29 is 9.47 Å². The summed E-state index contributed by atoms with van der Waals surface area (Å²) in [7, 11) is 1.70. The Labute approximate surface area is 116 Å². The van der Waals surface area contributed by atoms with Gasteiger partial charge in [-0.2, -0.15) is 0 Å². The van der Waals surface area contributed by atoms with Crippen LogP contribution in [0.15, 0.2) is 12.1 Å². The van der Waals surface area contributed by atoms with Gasteiger partial charge in [0, 0.05) is 0 Å². The van der Waals surface area contributed by atoms with Gasteiger partial charge in [-0.05, 0) is 75.3 Å². The molecule has 3 heteroatoms.